The predicted molar refractivity (Wildman–Crippen MR) is 38.9 cm³/mol. The van der Waals surface area contributed by atoms with E-state index in [-0.39, 0.29) is 0 Å². The molecule has 0 fully saturated rings. The van der Waals surface area contributed by atoms with Crippen molar-refractivity contribution in [1.82, 2.24) is 9.78 Å². The quantitative estimate of drug-likeness (QED) is 0.541. The smallest absolute Gasteiger partial charge is 0.0910 e. The molecule has 46 valence electrons. The third-order valence-electron chi connectivity index (χ3n) is 1.28. The summed E-state index contributed by atoms with van der Waals surface area (Å²) in [5.74, 6) is 0.957. The zero-order valence-corrected chi connectivity index (χ0v) is 5.64. The molecule has 2 nitrogen and oxygen atoms in total. The minimum absolute atomic E-state index is 0.957. The Bertz CT molecular complexity index is 239. The van der Waals surface area contributed by atoms with E-state index >= 15 is 0 Å². The van der Waals surface area contributed by atoms with Crippen LogP contribution in [0.3, 0.4) is 0 Å². The molecule has 0 spiro atoms. The maximum atomic E-state index is 4.10. The monoisotopic (exact) mass is 138 g/mol. The summed E-state index contributed by atoms with van der Waals surface area (Å²) in [6.45, 7) is 0. The lowest BCUT2D eigenvalue weighted by molar-refractivity contribution is 0.742. The van der Waals surface area contributed by atoms with Gasteiger partial charge >= 0.3 is 0 Å². The Labute approximate surface area is 57.6 Å². The molecule has 0 aromatic carbocycles. The summed E-state index contributed by atoms with van der Waals surface area (Å²) in [6.07, 6.45) is 3.90. The van der Waals surface area contributed by atoms with Crippen LogP contribution in [0.2, 0.25) is 0 Å². The summed E-state index contributed by atoms with van der Waals surface area (Å²) in [7, 11) is 0. The third kappa shape index (κ3) is 0.772. The fraction of sp³-hybridized carbons (Fsp3) is 0.167. The molecule has 1 aromatic rings. The van der Waals surface area contributed by atoms with Gasteiger partial charge in [-0.1, -0.05) is 0 Å². The summed E-state index contributed by atoms with van der Waals surface area (Å²) in [4.78, 5) is 0. The minimum Gasteiger partial charge on any atom is -0.255 e. The van der Waals surface area contributed by atoms with Crippen molar-refractivity contribution in [2.75, 3.05) is 0 Å². The second-order valence-electron chi connectivity index (χ2n) is 1.85. The van der Waals surface area contributed by atoms with Crippen molar-refractivity contribution in [1.29, 1.82) is 0 Å². The van der Waals surface area contributed by atoms with Crippen LogP contribution < -0.4 is 0 Å². The van der Waals surface area contributed by atoms with Crippen molar-refractivity contribution in [3.05, 3.63) is 23.4 Å². The highest BCUT2D eigenvalue weighted by atomic mass is 32.2. The summed E-state index contributed by atoms with van der Waals surface area (Å²) < 4.78 is 1.98. The van der Waals surface area contributed by atoms with E-state index in [9.17, 15) is 0 Å². The number of nitrogens with zero attached hydrogens (tertiary/aromatic N) is 2. The minimum atomic E-state index is 0.957. The van der Waals surface area contributed by atoms with Crippen LogP contribution in [0.5, 0.6) is 0 Å². The van der Waals surface area contributed by atoms with E-state index in [0.717, 1.165) is 5.88 Å². The molecule has 9 heavy (non-hydrogen) atoms. The summed E-state index contributed by atoms with van der Waals surface area (Å²) in [5.41, 5.74) is 1.20. The van der Waals surface area contributed by atoms with Crippen molar-refractivity contribution in [2.24, 2.45) is 0 Å². The van der Waals surface area contributed by atoms with Gasteiger partial charge in [-0.15, -0.1) is 11.8 Å². The molecule has 3 heteroatoms. The molecule has 0 saturated heterocycles. The number of aromatic nitrogens is 2. The van der Waals surface area contributed by atoms with Gasteiger partial charge < -0.3 is 0 Å². The molecule has 1 aromatic heterocycles. The van der Waals surface area contributed by atoms with Gasteiger partial charge in [0.15, 0.2) is 0 Å². The first-order chi connectivity index (χ1) is 4.47. The highest BCUT2D eigenvalue weighted by molar-refractivity contribution is 8.01. The number of hydrogen-bond donors (Lipinski definition) is 0. The lowest BCUT2D eigenvalue weighted by atomic mass is 10.4. The molecule has 0 amide bonds. The Balaban J connectivity index is 2.53. The number of rotatable bonds is 0. The van der Waals surface area contributed by atoms with Crippen LogP contribution in [0.25, 0.3) is 6.08 Å². The third-order valence-corrected chi connectivity index (χ3v) is 2.00. The molecular formula is C6H6N2S. The van der Waals surface area contributed by atoms with Crippen LogP contribution in [-0.2, 0) is 5.88 Å². The molecule has 0 radical (unpaired) electrons. The number of fused-ring (bicyclic) bond motifs is 1. The van der Waals surface area contributed by atoms with Gasteiger partial charge in [-0.2, -0.15) is 5.10 Å². The number of hydrogen-bond acceptors (Lipinski definition) is 2. The Morgan fingerprint density at radius 2 is 2.67 bits per heavy atom. The van der Waals surface area contributed by atoms with Crippen LogP contribution in [0.15, 0.2) is 17.7 Å². The predicted octanol–water partition coefficient (Wildman–Crippen LogP) is 1.56. The average Bonchev–Trinajstić information content (AvgIpc) is 2.33. The molecule has 0 bridgehead atoms. The van der Waals surface area contributed by atoms with Crippen LogP contribution in [0, 0.1) is 0 Å². The lowest BCUT2D eigenvalue weighted by Gasteiger charge is -2.05. The second-order valence-corrected chi connectivity index (χ2v) is 2.72. The molecule has 0 N–H and O–H groups in total. The zero-order valence-electron chi connectivity index (χ0n) is 4.82. The zero-order chi connectivity index (χ0) is 6.10. The van der Waals surface area contributed by atoms with E-state index in [4.69, 9.17) is 0 Å². The van der Waals surface area contributed by atoms with E-state index in [0.29, 0.717) is 0 Å². The van der Waals surface area contributed by atoms with Gasteiger partial charge in [0.05, 0.1) is 11.6 Å². The van der Waals surface area contributed by atoms with Crippen molar-refractivity contribution in [3.8, 4) is 0 Å². The van der Waals surface area contributed by atoms with E-state index < -0.39 is 0 Å². The number of thioether (sulfide) groups is 1. The SMILES string of the molecule is C1=Cc2ccnn2CS1. The van der Waals surface area contributed by atoms with Crippen molar-refractivity contribution < 1.29 is 0 Å². The highest BCUT2D eigenvalue weighted by Gasteiger charge is 2.00. The Hall–Kier alpha value is -0.700. The van der Waals surface area contributed by atoms with E-state index in [1.165, 1.54) is 5.69 Å². The molecule has 0 atom stereocenters. The topological polar surface area (TPSA) is 17.8 Å². The fourth-order valence-electron chi connectivity index (χ4n) is 0.824. The largest absolute Gasteiger partial charge is 0.255 e. The molecule has 2 rings (SSSR count). The van der Waals surface area contributed by atoms with Crippen LogP contribution >= 0.6 is 11.8 Å². The first kappa shape index (κ1) is 5.11. The first-order valence-corrected chi connectivity index (χ1v) is 3.82. The van der Waals surface area contributed by atoms with Gasteiger partial charge in [0.1, 0.15) is 0 Å². The highest BCUT2D eigenvalue weighted by Crippen LogP contribution is 2.16. The molecular weight excluding hydrogens is 132 g/mol. The van der Waals surface area contributed by atoms with Gasteiger partial charge in [0, 0.05) is 6.20 Å². The van der Waals surface area contributed by atoms with Crippen LogP contribution in [0.1, 0.15) is 5.69 Å². The summed E-state index contributed by atoms with van der Waals surface area (Å²) >= 11 is 1.76. The Morgan fingerprint density at radius 1 is 1.67 bits per heavy atom. The molecule has 0 unspecified atom stereocenters. The molecule has 2 heterocycles. The van der Waals surface area contributed by atoms with Crippen molar-refractivity contribution in [3.63, 3.8) is 0 Å². The van der Waals surface area contributed by atoms with Crippen molar-refractivity contribution >= 4 is 17.8 Å². The molecule has 0 saturated carbocycles. The van der Waals surface area contributed by atoms with Gasteiger partial charge in [0.2, 0.25) is 0 Å². The molecule has 1 aliphatic rings. The van der Waals surface area contributed by atoms with Gasteiger partial charge in [-0.25, -0.2) is 0 Å². The summed E-state index contributed by atoms with van der Waals surface area (Å²) in [5, 5.41) is 6.20. The Kier molecular flexibility index (Phi) is 1.09. The first-order valence-electron chi connectivity index (χ1n) is 2.77. The van der Waals surface area contributed by atoms with E-state index in [1.54, 1.807) is 11.8 Å². The standard InChI is InChI=1S/C6H6N2S/c1-3-7-8-5-9-4-2-6(1)8/h1-4H,5H2. The van der Waals surface area contributed by atoms with Gasteiger partial charge in [-0.05, 0) is 17.6 Å². The maximum Gasteiger partial charge on any atom is 0.0910 e. The summed E-state index contributed by atoms with van der Waals surface area (Å²) in [6, 6.07) is 2.01. The van der Waals surface area contributed by atoms with Gasteiger partial charge in [0.25, 0.3) is 0 Å². The normalized spacial score (nSPS) is 15.6. The maximum absolute atomic E-state index is 4.10. The Morgan fingerprint density at radius 3 is 3.56 bits per heavy atom. The van der Waals surface area contributed by atoms with Crippen molar-refractivity contribution in [2.45, 2.75) is 5.88 Å². The molecule has 0 aliphatic carbocycles. The van der Waals surface area contributed by atoms with E-state index in [1.807, 2.05) is 16.9 Å². The lowest BCUT2D eigenvalue weighted by Crippen LogP contribution is -2.00. The van der Waals surface area contributed by atoms with E-state index in [2.05, 4.69) is 16.6 Å². The van der Waals surface area contributed by atoms with Gasteiger partial charge in [-0.3, -0.25) is 4.68 Å². The van der Waals surface area contributed by atoms with Crippen LogP contribution in [-0.4, -0.2) is 9.78 Å². The second kappa shape index (κ2) is 1.92. The average molecular weight is 138 g/mol. The fourth-order valence-corrected chi connectivity index (χ4v) is 1.50. The van der Waals surface area contributed by atoms with Crippen LogP contribution in [0.4, 0.5) is 0 Å². The molecule has 1 aliphatic heterocycles.